The Labute approximate surface area is 119 Å². The molecule has 1 heterocycles. The number of nitrogens with one attached hydrogen (secondary N) is 1. The third kappa shape index (κ3) is 2.58. The molecule has 96 valence electrons. The van der Waals surface area contributed by atoms with E-state index in [1.165, 1.54) is 0 Å². The van der Waals surface area contributed by atoms with Crippen molar-refractivity contribution in [1.29, 1.82) is 0 Å². The van der Waals surface area contributed by atoms with E-state index in [1.807, 2.05) is 12.1 Å². The van der Waals surface area contributed by atoms with Gasteiger partial charge in [-0.2, -0.15) is 0 Å². The summed E-state index contributed by atoms with van der Waals surface area (Å²) in [4.78, 5) is 3.32. The fourth-order valence-corrected chi connectivity index (χ4v) is 2.44. The molecule has 0 atom stereocenters. The Morgan fingerprint density at radius 2 is 1.89 bits per heavy atom. The summed E-state index contributed by atoms with van der Waals surface area (Å²) in [6.45, 7) is 0.464. The highest BCUT2D eigenvalue weighted by atomic mass is 79.9. The van der Waals surface area contributed by atoms with E-state index < -0.39 is 0 Å². The third-order valence-corrected chi connectivity index (χ3v) is 3.55. The highest BCUT2D eigenvalue weighted by molar-refractivity contribution is 9.10. The van der Waals surface area contributed by atoms with Crippen molar-refractivity contribution in [3.63, 3.8) is 0 Å². The van der Waals surface area contributed by atoms with Crippen molar-refractivity contribution in [3.8, 4) is 11.5 Å². The third-order valence-electron chi connectivity index (χ3n) is 2.89. The molecule has 0 spiro atoms. The van der Waals surface area contributed by atoms with Crippen molar-refractivity contribution in [2.75, 3.05) is 0 Å². The van der Waals surface area contributed by atoms with Gasteiger partial charge in [0, 0.05) is 9.86 Å². The minimum absolute atomic E-state index is 0.238. The first-order chi connectivity index (χ1) is 9.22. The summed E-state index contributed by atoms with van der Waals surface area (Å²) in [6.07, 6.45) is 0. The molecule has 2 aromatic carbocycles. The smallest absolute Gasteiger partial charge is 0.128 e. The first-order valence-corrected chi connectivity index (χ1v) is 6.69. The normalized spacial score (nSPS) is 10.8. The maximum absolute atomic E-state index is 9.20. The van der Waals surface area contributed by atoms with Crippen molar-refractivity contribution < 1.29 is 9.84 Å². The van der Waals surface area contributed by atoms with Crippen molar-refractivity contribution in [2.45, 2.75) is 6.61 Å². The molecule has 0 amide bonds. The molecule has 0 saturated heterocycles. The van der Waals surface area contributed by atoms with Crippen LogP contribution in [-0.4, -0.2) is 10.1 Å². The summed E-state index contributed by atoms with van der Waals surface area (Å²) in [5.41, 5.74) is 2.08. The van der Waals surface area contributed by atoms with E-state index in [4.69, 9.17) is 4.74 Å². The number of aromatic amines is 1. The van der Waals surface area contributed by atoms with Crippen molar-refractivity contribution in [2.24, 2.45) is 0 Å². The van der Waals surface area contributed by atoms with Crippen LogP contribution in [0.2, 0.25) is 0 Å². The van der Waals surface area contributed by atoms with Crippen LogP contribution in [0.4, 0.5) is 0 Å². The number of hydrogen-bond donors (Lipinski definition) is 2. The topological polar surface area (TPSA) is 45.2 Å². The summed E-state index contributed by atoms with van der Waals surface area (Å²) >= 11 is 3.51. The maximum Gasteiger partial charge on any atom is 0.128 e. The summed E-state index contributed by atoms with van der Waals surface area (Å²) in [7, 11) is 0. The van der Waals surface area contributed by atoms with Crippen molar-refractivity contribution in [3.05, 3.63) is 58.7 Å². The fourth-order valence-electron chi connectivity index (χ4n) is 1.96. The van der Waals surface area contributed by atoms with Crippen LogP contribution in [0.3, 0.4) is 0 Å². The first-order valence-electron chi connectivity index (χ1n) is 5.90. The van der Waals surface area contributed by atoms with Crippen LogP contribution >= 0.6 is 15.9 Å². The van der Waals surface area contributed by atoms with Crippen LogP contribution in [0.5, 0.6) is 11.5 Å². The molecule has 3 rings (SSSR count). The number of halogens is 1. The number of aromatic nitrogens is 1. The molecule has 0 fully saturated rings. The summed E-state index contributed by atoms with van der Waals surface area (Å²) in [6, 6.07) is 14.8. The number of aromatic hydroxyl groups is 1. The number of phenolic OH excluding ortho intramolecular Hbond substituents is 1. The standard InChI is InChI=1S/C15H12BrNO2/c16-14-3-1-2-10-8-11(17-15(10)14)9-19-13-6-4-12(18)5-7-13/h1-8,17-18H,9H2. The highest BCUT2D eigenvalue weighted by Crippen LogP contribution is 2.24. The van der Waals surface area contributed by atoms with Gasteiger partial charge in [0.1, 0.15) is 18.1 Å². The second kappa shape index (κ2) is 4.97. The lowest BCUT2D eigenvalue weighted by Crippen LogP contribution is -1.94. The average Bonchev–Trinajstić information content (AvgIpc) is 2.83. The number of ether oxygens (including phenoxy) is 1. The quantitative estimate of drug-likeness (QED) is 0.759. The van der Waals surface area contributed by atoms with Crippen LogP contribution in [-0.2, 0) is 6.61 Å². The highest BCUT2D eigenvalue weighted by Gasteiger charge is 2.04. The lowest BCUT2D eigenvalue weighted by atomic mass is 10.2. The molecule has 0 radical (unpaired) electrons. The lowest BCUT2D eigenvalue weighted by Gasteiger charge is -2.04. The van der Waals surface area contributed by atoms with Gasteiger partial charge < -0.3 is 14.8 Å². The van der Waals surface area contributed by atoms with E-state index in [0.717, 1.165) is 26.8 Å². The van der Waals surface area contributed by atoms with E-state index in [0.29, 0.717) is 6.61 Å². The second-order valence-corrected chi connectivity index (χ2v) is 5.14. The molecule has 2 N–H and O–H groups in total. The Morgan fingerprint density at radius 1 is 1.11 bits per heavy atom. The number of para-hydroxylation sites is 1. The Morgan fingerprint density at radius 3 is 2.63 bits per heavy atom. The molecule has 0 aliphatic carbocycles. The van der Waals surface area contributed by atoms with Crippen LogP contribution in [0.1, 0.15) is 5.69 Å². The van der Waals surface area contributed by atoms with Crippen molar-refractivity contribution >= 4 is 26.8 Å². The number of phenols is 1. The zero-order chi connectivity index (χ0) is 13.2. The van der Waals surface area contributed by atoms with E-state index in [2.05, 4.69) is 33.0 Å². The van der Waals surface area contributed by atoms with E-state index >= 15 is 0 Å². The van der Waals surface area contributed by atoms with E-state index in [9.17, 15) is 5.11 Å². The Hall–Kier alpha value is -1.94. The van der Waals surface area contributed by atoms with Gasteiger partial charge in [-0.1, -0.05) is 12.1 Å². The fraction of sp³-hybridized carbons (Fsp3) is 0.0667. The molecule has 0 saturated carbocycles. The Kier molecular flexibility index (Phi) is 3.17. The molecule has 0 aliphatic heterocycles. The minimum Gasteiger partial charge on any atom is -0.508 e. The molecule has 0 aliphatic rings. The minimum atomic E-state index is 0.238. The molecule has 0 unspecified atom stereocenters. The number of rotatable bonds is 3. The molecular weight excluding hydrogens is 306 g/mol. The summed E-state index contributed by atoms with van der Waals surface area (Å²) in [5, 5.41) is 10.4. The Bertz CT molecular complexity index is 704. The van der Waals surface area contributed by atoms with Crippen LogP contribution < -0.4 is 4.74 Å². The SMILES string of the molecule is Oc1ccc(OCc2cc3cccc(Br)c3[nH]2)cc1. The first kappa shape index (κ1) is 12.1. The van der Waals surface area contributed by atoms with Gasteiger partial charge in [-0.15, -0.1) is 0 Å². The van der Waals surface area contributed by atoms with Gasteiger partial charge in [-0.3, -0.25) is 0 Å². The molecule has 19 heavy (non-hydrogen) atoms. The van der Waals surface area contributed by atoms with E-state index in [1.54, 1.807) is 24.3 Å². The van der Waals surface area contributed by atoms with Gasteiger partial charge >= 0.3 is 0 Å². The van der Waals surface area contributed by atoms with E-state index in [-0.39, 0.29) is 5.75 Å². The number of fused-ring (bicyclic) bond motifs is 1. The largest absolute Gasteiger partial charge is 0.508 e. The second-order valence-electron chi connectivity index (χ2n) is 4.28. The van der Waals surface area contributed by atoms with Gasteiger partial charge in [0.25, 0.3) is 0 Å². The van der Waals surface area contributed by atoms with Gasteiger partial charge in [0.2, 0.25) is 0 Å². The van der Waals surface area contributed by atoms with Gasteiger partial charge in [-0.05, 0) is 52.3 Å². The summed E-state index contributed by atoms with van der Waals surface area (Å²) in [5.74, 6) is 0.970. The molecule has 4 heteroatoms. The summed E-state index contributed by atoms with van der Waals surface area (Å²) < 4.78 is 6.70. The van der Waals surface area contributed by atoms with Crippen LogP contribution in [0.25, 0.3) is 10.9 Å². The number of H-pyrrole nitrogens is 1. The molecule has 0 bridgehead atoms. The molecule has 1 aromatic heterocycles. The lowest BCUT2D eigenvalue weighted by molar-refractivity contribution is 0.302. The van der Waals surface area contributed by atoms with Crippen molar-refractivity contribution in [1.82, 2.24) is 4.98 Å². The predicted octanol–water partition coefficient (Wildman–Crippen LogP) is 4.22. The maximum atomic E-state index is 9.20. The molecule has 3 nitrogen and oxygen atoms in total. The zero-order valence-electron chi connectivity index (χ0n) is 10.1. The predicted molar refractivity (Wildman–Crippen MR) is 78.4 cm³/mol. The van der Waals surface area contributed by atoms with Gasteiger partial charge in [-0.25, -0.2) is 0 Å². The van der Waals surface area contributed by atoms with Crippen LogP contribution in [0.15, 0.2) is 53.0 Å². The average molecular weight is 318 g/mol. The molecular formula is C15H12BrNO2. The zero-order valence-corrected chi connectivity index (χ0v) is 11.6. The monoisotopic (exact) mass is 317 g/mol. The number of benzene rings is 2. The van der Waals surface area contributed by atoms with Gasteiger partial charge in [0.05, 0.1) is 11.2 Å². The number of hydrogen-bond acceptors (Lipinski definition) is 2. The van der Waals surface area contributed by atoms with Crippen LogP contribution in [0, 0.1) is 0 Å². The Balaban J connectivity index is 1.78. The molecule has 3 aromatic rings. The van der Waals surface area contributed by atoms with Gasteiger partial charge in [0.15, 0.2) is 0 Å².